The number of H-pyrrole nitrogens is 1. The van der Waals surface area contributed by atoms with Gasteiger partial charge in [-0.25, -0.2) is 0 Å². The summed E-state index contributed by atoms with van der Waals surface area (Å²) >= 11 is 0. The topological polar surface area (TPSA) is 42.7 Å². The Kier molecular flexibility index (Phi) is 4.06. The van der Waals surface area contributed by atoms with Crippen molar-refractivity contribution in [2.75, 3.05) is 0 Å². The van der Waals surface area contributed by atoms with Crippen molar-refractivity contribution < 1.29 is 0 Å². The molecule has 0 bridgehead atoms. The Hall–Kier alpha value is -5.09. The minimum atomic E-state index is -0.0699. The molecule has 0 aliphatic heterocycles. The third-order valence-electron chi connectivity index (χ3n) is 7.45. The van der Waals surface area contributed by atoms with Gasteiger partial charge in [-0.2, -0.15) is 0 Å². The Bertz CT molecular complexity index is 2200. The van der Waals surface area contributed by atoms with E-state index in [9.17, 15) is 4.79 Å². The van der Waals surface area contributed by atoms with Gasteiger partial charge < -0.3 is 14.1 Å². The molecule has 8 aromatic rings. The molecule has 37 heavy (non-hydrogen) atoms. The summed E-state index contributed by atoms with van der Waals surface area (Å²) in [4.78, 5) is 16.7. The molecule has 1 N–H and O–H groups in total. The number of aromatic amines is 1. The number of benzene rings is 5. The van der Waals surface area contributed by atoms with Gasteiger partial charge in [0.25, 0.3) is 5.56 Å². The number of pyridine rings is 1. The molecule has 5 aromatic carbocycles. The quantitative estimate of drug-likeness (QED) is 0.273. The maximum Gasteiger partial charge on any atom is 0.258 e. The molecule has 0 atom stereocenters. The van der Waals surface area contributed by atoms with E-state index in [4.69, 9.17) is 0 Å². The van der Waals surface area contributed by atoms with Crippen LogP contribution in [-0.2, 0) is 0 Å². The van der Waals surface area contributed by atoms with Crippen LogP contribution in [0.3, 0.4) is 0 Å². The molecule has 0 aliphatic rings. The number of rotatable bonds is 2. The first-order valence-electron chi connectivity index (χ1n) is 12.4. The van der Waals surface area contributed by atoms with Crippen LogP contribution in [0.5, 0.6) is 0 Å². The largest absolute Gasteiger partial charge is 0.321 e. The average molecular weight is 476 g/mol. The predicted molar refractivity (Wildman–Crippen MR) is 153 cm³/mol. The molecule has 8 rings (SSSR count). The third kappa shape index (κ3) is 2.75. The van der Waals surface area contributed by atoms with E-state index in [0.717, 1.165) is 60.5 Å². The van der Waals surface area contributed by atoms with Crippen LogP contribution in [0.2, 0.25) is 0 Å². The lowest BCUT2D eigenvalue weighted by Crippen LogP contribution is -2.06. The maximum atomic E-state index is 13.6. The van der Waals surface area contributed by atoms with E-state index in [1.807, 2.05) is 42.5 Å². The van der Waals surface area contributed by atoms with E-state index in [-0.39, 0.29) is 5.56 Å². The van der Waals surface area contributed by atoms with Crippen molar-refractivity contribution in [2.24, 2.45) is 0 Å². The van der Waals surface area contributed by atoms with Crippen molar-refractivity contribution in [3.05, 3.63) is 132 Å². The minimum absolute atomic E-state index is 0.0699. The fraction of sp³-hybridized carbons (Fsp3) is 0. The summed E-state index contributed by atoms with van der Waals surface area (Å²) < 4.78 is 4.56. The standard InChI is InChI=1S/C33H21N3O/c37-33-31-26-19-25-23-15-8-10-18-28(23)35(21-11-3-1-4-12-21)29(25)20-30(26)36(22-13-5-2-6-14-22)32(31)24-16-7-9-17-27(24)34-33/h1-20H,(H,34,37). The van der Waals surface area contributed by atoms with Crippen LogP contribution in [0.25, 0.3) is 65.9 Å². The SMILES string of the molecule is O=c1[nH]c2ccccc2c2c1c1cc3c4ccccc4n(-c4ccccc4)c3cc1n2-c1ccccc1. The van der Waals surface area contributed by atoms with Crippen molar-refractivity contribution in [2.45, 2.75) is 0 Å². The van der Waals surface area contributed by atoms with Crippen molar-refractivity contribution in [3.8, 4) is 11.4 Å². The van der Waals surface area contributed by atoms with Crippen molar-refractivity contribution in [1.82, 2.24) is 14.1 Å². The lowest BCUT2D eigenvalue weighted by atomic mass is 10.1. The summed E-state index contributed by atoms with van der Waals surface area (Å²) in [6.07, 6.45) is 0. The van der Waals surface area contributed by atoms with Crippen LogP contribution < -0.4 is 5.56 Å². The van der Waals surface area contributed by atoms with Gasteiger partial charge in [-0.05, 0) is 48.5 Å². The normalized spacial score (nSPS) is 11.9. The van der Waals surface area contributed by atoms with Crippen LogP contribution >= 0.6 is 0 Å². The van der Waals surface area contributed by atoms with Gasteiger partial charge in [-0.1, -0.05) is 72.8 Å². The fourth-order valence-electron chi connectivity index (χ4n) is 5.92. The monoisotopic (exact) mass is 475 g/mol. The van der Waals surface area contributed by atoms with Gasteiger partial charge in [0.2, 0.25) is 0 Å². The highest BCUT2D eigenvalue weighted by Crippen LogP contribution is 2.40. The third-order valence-corrected chi connectivity index (χ3v) is 7.45. The fourth-order valence-corrected chi connectivity index (χ4v) is 5.92. The number of para-hydroxylation sites is 4. The Morgan fingerprint density at radius 3 is 1.84 bits per heavy atom. The molecular formula is C33H21N3O. The van der Waals surface area contributed by atoms with Gasteiger partial charge in [0.05, 0.1) is 33.0 Å². The van der Waals surface area contributed by atoms with Gasteiger partial charge in [0, 0.05) is 32.9 Å². The second-order valence-electron chi connectivity index (χ2n) is 9.47. The maximum absolute atomic E-state index is 13.6. The Morgan fingerprint density at radius 1 is 0.486 bits per heavy atom. The summed E-state index contributed by atoms with van der Waals surface area (Å²) in [7, 11) is 0. The van der Waals surface area contributed by atoms with Crippen LogP contribution in [-0.4, -0.2) is 14.1 Å². The van der Waals surface area contributed by atoms with E-state index < -0.39 is 0 Å². The van der Waals surface area contributed by atoms with Gasteiger partial charge in [-0.3, -0.25) is 4.79 Å². The smallest absolute Gasteiger partial charge is 0.258 e. The van der Waals surface area contributed by atoms with E-state index in [2.05, 4.69) is 93.0 Å². The first-order valence-corrected chi connectivity index (χ1v) is 12.4. The second kappa shape index (κ2) is 7.45. The highest BCUT2D eigenvalue weighted by Gasteiger charge is 2.21. The summed E-state index contributed by atoms with van der Waals surface area (Å²) in [6, 6.07) is 41.8. The van der Waals surface area contributed by atoms with Crippen LogP contribution in [0.4, 0.5) is 0 Å². The summed E-state index contributed by atoms with van der Waals surface area (Å²) in [6.45, 7) is 0. The molecular weight excluding hydrogens is 454 g/mol. The lowest BCUT2D eigenvalue weighted by molar-refractivity contribution is 1.17. The zero-order valence-corrected chi connectivity index (χ0v) is 19.8. The van der Waals surface area contributed by atoms with Crippen molar-refractivity contribution in [1.29, 1.82) is 0 Å². The molecule has 0 amide bonds. The van der Waals surface area contributed by atoms with Crippen LogP contribution in [0.15, 0.2) is 126 Å². The van der Waals surface area contributed by atoms with Gasteiger partial charge >= 0.3 is 0 Å². The molecule has 174 valence electrons. The molecule has 3 heterocycles. The molecule has 4 nitrogen and oxygen atoms in total. The molecule has 0 fully saturated rings. The summed E-state index contributed by atoms with van der Waals surface area (Å²) in [5, 5.41) is 5.00. The molecule has 0 radical (unpaired) electrons. The first kappa shape index (κ1) is 20.1. The van der Waals surface area contributed by atoms with Gasteiger partial charge in [-0.15, -0.1) is 0 Å². The molecule has 0 unspecified atom stereocenters. The van der Waals surface area contributed by atoms with Gasteiger partial charge in [0.1, 0.15) is 0 Å². The minimum Gasteiger partial charge on any atom is -0.321 e. The van der Waals surface area contributed by atoms with Gasteiger partial charge in [0.15, 0.2) is 0 Å². The predicted octanol–water partition coefficient (Wildman–Crippen LogP) is 7.72. The molecule has 0 saturated carbocycles. The average Bonchev–Trinajstić information content (AvgIpc) is 3.46. The number of nitrogens with one attached hydrogen (secondary N) is 1. The van der Waals surface area contributed by atoms with Crippen LogP contribution in [0, 0.1) is 0 Å². The number of aromatic nitrogens is 3. The Morgan fingerprint density at radius 2 is 1.08 bits per heavy atom. The Labute approximate surface area is 211 Å². The van der Waals surface area contributed by atoms with Crippen molar-refractivity contribution >= 4 is 54.5 Å². The van der Waals surface area contributed by atoms with E-state index in [1.165, 1.54) is 5.39 Å². The summed E-state index contributed by atoms with van der Waals surface area (Å²) in [5.74, 6) is 0. The van der Waals surface area contributed by atoms with E-state index in [0.29, 0.717) is 0 Å². The number of hydrogen-bond donors (Lipinski definition) is 1. The zero-order valence-electron chi connectivity index (χ0n) is 19.8. The summed E-state index contributed by atoms with van der Waals surface area (Å²) in [5.41, 5.74) is 7.10. The Balaban J connectivity index is 1.66. The number of fused-ring (bicyclic) bond motifs is 8. The molecule has 3 aromatic heterocycles. The van der Waals surface area contributed by atoms with Crippen LogP contribution in [0.1, 0.15) is 0 Å². The number of hydrogen-bond acceptors (Lipinski definition) is 1. The molecule has 4 heteroatoms. The van der Waals surface area contributed by atoms with E-state index in [1.54, 1.807) is 0 Å². The first-order chi connectivity index (χ1) is 18.3. The number of nitrogens with zero attached hydrogens (tertiary/aromatic N) is 2. The van der Waals surface area contributed by atoms with Crippen molar-refractivity contribution in [3.63, 3.8) is 0 Å². The molecule has 0 saturated heterocycles. The van der Waals surface area contributed by atoms with E-state index >= 15 is 0 Å². The lowest BCUT2D eigenvalue weighted by Gasteiger charge is -2.10. The highest BCUT2D eigenvalue weighted by atomic mass is 16.1. The second-order valence-corrected chi connectivity index (χ2v) is 9.47. The zero-order chi connectivity index (χ0) is 24.5. The molecule has 0 spiro atoms. The highest BCUT2D eigenvalue weighted by molar-refractivity contribution is 6.22. The molecule has 0 aliphatic carbocycles.